The molecule has 70 valence electrons. The molecule has 0 saturated carbocycles. The molecule has 0 aromatic heterocycles. The summed E-state index contributed by atoms with van der Waals surface area (Å²) in [4.78, 5) is 11.1. The maximum absolute atomic E-state index is 11.1. The van der Waals surface area contributed by atoms with Crippen LogP contribution in [0.3, 0.4) is 0 Å². The van der Waals surface area contributed by atoms with Gasteiger partial charge < -0.3 is 4.74 Å². The van der Waals surface area contributed by atoms with E-state index in [2.05, 4.69) is 4.74 Å². The Morgan fingerprint density at radius 2 is 2.08 bits per heavy atom. The van der Waals surface area contributed by atoms with Gasteiger partial charge in [-0.15, -0.1) is 0 Å². The lowest BCUT2D eigenvalue weighted by molar-refractivity contribution is -0.146. The van der Waals surface area contributed by atoms with Gasteiger partial charge in [-0.05, 0) is 20.3 Å². The fraction of sp³-hybridized carbons (Fsp3) is 0.667. The Kier molecular flexibility index (Phi) is 5.30. The molecule has 0 heterocycles. The van der Waals surface area contributed by atoms with Crippen molar-refractivity contribution in [1.29, 1.82) is 10.5 Å². The SMILES string of the molecule is CCOC(=O)C(C#N)CC(C)C#N. The van der Waals surface area contributed by atoms with Crippen molar-refractivity contribution in [3.8, 4) is 12.1 Å². The van der Waals surface area contributed by atoms with Crippen LogP contribution < -0.4 is 0 Å². The van der Waals surface area contributed by atoms with E-state index in [1.165, 1.54) is 0 Å². The molecule has 0 aliphatic rings. The zero-order chi connectivity index (χ0) is 10.3. The molecule has 0 aliphatic carbocycles. The quantitative estimate of drug-likeness (QED) is 0.610. The number of hydrogen-bond donors (Lipinski definition) is 0. The molecule has 0 saturated heterocycles. The van der Waals surface area contributed by atoms with Crippen LogP contribution in [-0.4, -0.2) is 12.6 Å². The summed E-state index contributed by atoms with van der Waals surface area (Å²) < 4.78 is 4.67. The van der Waals surface area contributed by atoms with Gasteiger partial charge in [0.2, 0.25) is 0 Å². The van der Waals surface area contributed by atoms with Crippen LogP contribution in [0.2, 0.25) is 0 Å². The van der Waals surface area contributed by atoms with Gasteiger partial charge in [-0.25, -0.2) is 0 Å². The molecule has 0 fully saturated rings. The molecule has 4 nitrogen and oxygen atoms in total. The lowest BCUT2D eigenvalue weighted by atomic mass is 9.98. The van der Waals surface area contributed by atoms with Crippen LogP contribution in [0, 0.1) is 34.5 Å². The molecule has 0 rings (SSSR count). The molecule has 0 N–H and O–H groups in total. The van der Waals surface area contributed by atoms with Gasteiger partial charge in [0, 0.05) is 5.92 Å². The molecule has 0 bridgehead atoms. The average molecular weight is 180 g/mol. The fourth-order valence-electron chi connectivity index (χ4n) is 0.851. The van der Waals surface area contributed by atoms with Gasteiger partial charge >= 0.3 is 5.97 Å². The second kappa shape index (κ2) is 6.02. The van der Waals surface area contributed by atoms with E-state index in [0.29, 0.717) is 0 Å². The third-order valence-corrected chi connectivity index (χ3v) is 1.54. The van der Waals surface area contributed by atoms with Crippen molar-refractivity contribution in [1.82, 2.24) is 0 Å². The highest BCUT2D eigenvalue weighted by molar-refractivity contribution is 5.75. The molecule has 0 spiro atoms. The summed E-state index contributed by atoms with van der Waals surface area (Å²) in [5.41, 5.74) is 0. The molecule has 0 radical (unpaired) electrons. The lowest BCUT2D eigenvalue weighted by Gasteiger charge is -2.08. The minimum Gasteiger partial charge on any atom is -0.465 e. The van der Waals surface area contributed by atoms with Crippen molar-refractivity contribution >= 4 is 5.97 Å². The number of ether oxygens (including phenoxy) is 1. The van der Waals surface area contributed by atoms with Crippen LogP contribution in [0.4, 0.5) is 0 Å². The normalized spacial score (nSPS) is 13.5. The number of carbonyl (C=O) groups excluding carboxylic acids is 1. The van der Waals surface area contributed by atoms with Crippen LogP contribution in [-0.2, 0) is 9.53 Å². The van der Waals surface area contributed by atoms with Gasteiger partial charge in [0.15, 0.2) is 0 Å². The number of rotatable bonds is 4. The van der Waals surface area contributed by atoms with Crippen molar-refractivity contribution in [2.75, 3.05) is 6.61 Å². The van der Waals surface area contributed by atoms with E-state index in [0.717, 1.165) is 0 Å². The molecule has 0 amide bonds. The minimum atomic E-state index is -0.811. The topological polar surface area (TPSA) is 73.9 Å². The summed E-state index contributed by atoms with van der Waals surface area (Å²) in [6.07, 6.45) is 0.242. The Labute approximate surface area is 77.7 Å². The second-order valence-electron chi connectivity index (χ2n) is 2.70. The van der Waals surface area contributed by atoms with Crippen molar-refractivity contribution < 1.29 is 9.53 Å². The van der Waals surface area contributed by atoms with Crippen LogP contribution >= 0.6 is 0 Å². The third-order valence-electron chi connectivity index (χ3n) is 1.54. The number of nitriles is 2. The van der Waals surface area contributed by atoms with E-state index in [1.54, 1.807) is 13.8 Å². The zero-order valence-electron chi connectivity index (χ0n) is 7.78. The molecule has 0 aromatic rings. The average Bonchev–Trinajstić information content (AvgIpc) is 2.14. The van der Waals surface area contributed by atoms with Crippen LogP contribution in [0.15, 0.2) is 0 Å². The smallest absolute Gasteiger partial charge is 0.323 e. The Morgan fingerprint density at radius 1 is 1.46 bits per heavy atom. The van der Waals surface area contributed by atoms with Crippen LogP contribution in [0.1, 0.15) is 20.3 Å². The first-order chi connectivity index (χ1) is 6.15. The molecular formula is C9H12N2O2. The van der Waals surface area contributed by atoms with E-state index >= 15 is 0 Å². The summed E-state index contributed by atoms with van der Waals surface area (Å²) >= 11 is 0. The third kappa shape index (κ3) is 4.12. The Hall–Kier alpha value is -1.55. The Balaban J connectivity index is 4.14. The molecule has 4 heteroatoms. The van der Waals surface area contributed by atoms with Gasteiger partial charge in [-0.3, -0.25) is 4.79 Å². The number of nitrogens with zero attached hydrogens (tertiary/aromatic N) is 2. The Bertz CT molecular complexity index is 249. The number of hydrogen-bond acceptors (Lipinski definition) is 4. The van der Waals surface area contributed by atoms with Gasteiger partial charge in [-0.1, -0.05) is 0 Å². The lowest BCUT2D eigenvalue weighted by Crippen LogP contribution is -2.18. The predicted octanol–water partition coefficient (Wildman–Crippen LogP) is 1.24. The fourth-order valence-corrected chi connectivity index (χ4v) is 0.851. The van der Waals surface area contributed by atoms with Gasteiger partial charge in [-0.2, -0.15) is 10.5 Å². The van der Waals surface area contributed by atoms with Crippen molar-refractivity contribution in [2.24, 2.45) is 11.8 Å². The van der Waals surface area contributed by atoms with Gasteiger partial charge in [0.25, 0.3) is 0 Å². The summed E-state index contributed by atoms with van der Waals surface area (Å²) in [5.74, 6) is -1.64. The highest BCUT2D eigenvalue weighted by Crippen LogP contribution is 2.12. The van der Waals surface area contributed by atoms with Crippen molar-refractivity contribution in [3.63, 3.8) is 0 Å². The summed E-state index contributed by atoms with van der Waals surface area (Å²) in [7, 11) is 0. The molecule has 2 unspecified atom stereocenters. The van der Waals surface area contributed by atoms with Gasteiger partial charge in [0.05, 0.1) is 18.7 Å². The van der Waals surface area contributed by atoms with E-state index < -0.39 is 11.9 Å². The first kappa shape index (κ1) is 11.4. The summed E-state index contributed by atoms with van der Waals surface area (Å²) in [6, 6.07) is 3.79. The van der Waals surface area contributed by atoms with E-state index in [4.69, 9.17) is 10.5 Å². The van der Waals surface area contributed by atoms with Crippen LogP contribution in [0.5, 0.6) is 0 Å². The standard InChI is InChI=1S/C9H12N2O2/c1-3-13-9(12)8(6-11)4-7(2)5-10/h7-8H,3-4H2,1-2H3. The largest absolute Gasteiger partial charge is 0.465 e. The van der Waals surface area contributed by atoms with Crippen molar-refractivity contribution in [3.05, 3.63) is 0 Å². The highest BCUT2D eigenvalue weighted by atomic mass is 16.5. The zero-order valence-corrected chi connectivity index (χ0v) is 7.78. The van der Waals surface area contributed by atoms with Gasteiger partial charge in [0.1, 0.15) is 5.92 Å². The molecule has 0 aliphatic heterocycles. The maximum atomic E-state index is 11.1. The molecule has 0 aromatic carbocycles. The predicted molar refractivity (Wildman–Crippen MR) is 45.1 cm³/mol. The van der Waals surface area contributed by atoms with Crippen molar-refractivity contribution in [2.45, 2.75) is 20.3 Å². The maximum Gasteiger partial charge on any atom is 0.323 e. The van der Waals surface area contributed by atoms with Crippen LogP contribution in [0.25, 0.3) is 0 Å². The molecular weight excluding hydrogens is 168 g/mol. The van der Waals surface area contributed by atoms with E-state index in [1.807, 2.05) is 12.1 Å². The molecule has 2 atom stereocenters. The number of carbonyl (C=O) groups is 1. The monoisotopic (exact) mass is 180 g/mol. The minimum absolute atomic E-state index is 0.242. The first-order valence-corrected chi connectivity index (χ1v) is 4.11. The first-order valence-electron chi connectivity index (χ1n) is 4.11. The number of esters is 1. The summed E-state index contributed by atoms with van der Waals surface area (Å²) in [5, 5.41) is 17.1. The summed E-state index contributed by atoms with van der Waals surface area (Å²) in [6.45, 7) is 3.61. The van der Waals surface area contributed by atoms with E-state index in [-0.39, 0.29) is 18.9 Å². The van der Waals surface area contributed by atoms with E-state index in [9.17, 15) is 4.79 Å². The molecule has 13 heavy (non-hydrogen) atoms. The Morgan fingerprint density at radius 3 is 2.46 bits per heavy atom. The highest BCUT2D eigenvalue weighted by Gasteiger charge is 2.21. The second-order valence-corrected chi connectivity index (χ2v) is 2.70.